The number of ether oxygens (including phenoxy) is 1. The van der Waals surface area contributed by atoms with E-state index in [0.29, 0.717) is 24.5 Å². The van der Waals surface area contributed by atoms with E-state index in [1.807, 2.05) is 55.5 Å². The number of terminal acetylenes is 1. The molecule has 3 aromatic carbocycles. The van der Waals surface area contributed by atoms with Crippen LogP contribution >= 0.6 is 0 Å². The molecule has 2 atom stereocenters. The highest BCUT2D eigenvalue weighted by atomic mass is 16.5. The fraction of sp³-hybridized carbons (Fsp3) is 0.306. The van der Waals surface area contributed by atoms with Crippen LogP contribution in [-0.2, 0) is 29.1 Å². The number of hydrogen-bond acceptors (Lipinski definition) is 6. The van der Waals surface area contributed by atoms with Crippen LogP contribution < -0.4 is 10.1 Å². The maximum Gasteiger partial charge on any atom is 0.332 e. The molecule has 2 aliphatic rings. The lowest BCUT2D eigenvalue weighted by Crippen LogP contribution is -2.66. The number of urea groups is 1. The first-order valence-electron chi connectivity index (χ1n) is 15.4. The molecule has 238 valence electrons. The topological polar surface area (TPSA) is 106 Å². The predicted molar refractivity (Wildman–Crippen MR) is 174 cm³/mol. The number of nitrogens with one attached hydrogen (secondary N) is 1. The molecule has 2 aliphatic heterocycles. The Kier molecular flexibility index (Phi) is 10.2. The van der Waals surface area contributed by atoms with Crippen LogP contribution in [0.3, 0.4) is 0 Å². The van der Waals surface area contributed by atoms with Crippen LogP contribution in [0.25, 0.3) is 0 Å². The van der Waals surface area contributed by atoms with Crippen LogP contribution in [0.5, 0.6) is 11.5 Å². The van der Waals surface area contributed by atoms with Crippen molar-refractivity contribution in [1.29, 1.82) is 0 Å². The minimum Gasteiger partial charge on any atom is -0.508 e. The zero-order valence-corrected chi connectivity index (χ0v) is 26.0. The number of phenolic OH excluding ortho intramolecular Hbond substituents is 1. The summed E-state index contributed by atoms with van der Waals surface area (Å²) in [6.45, 7) is 7.21. The van der Waals surface area contributed by atoms with Gasteiger partial charge in [-0.05, 0) is 47.4 Å². The maximum atomic E-state index is 14.2. The quantitative estimate of drug-likeness (QED) is 0.235. The number of amides is 4. The predicted octanol–water partition coefficient (Wildman–Crippen LogP) is 3.90. The van der Waals surface area contributed by atoms with Crippen LogP contribution in [-0.4, -0.2) is 81.2 Å². The number of nitrogens with zero attached hydrogens (tertiary/aromatic N) is 4. The first-order valence-corrected chi connectivity index (χ1v) is 15.4. The molecule has 0 unspecified atom stereocenters. The van der Waals surface area contributed by atoms with Gasteiger partial charge in [-0.25, -0.2) is 4.79 Å². The Labute approximate surface area is 269 Å². The number of carbonyl (C=O) groups is 3. The van der Waals surface area contributed by atoms with Gasteiger partial charge in [0.25, 0.3) is 0 Å². The molecule has 10 heteroatoms. The average Bonchev–Trinajstić information content (AvgIpc) is 3.39. The molecule has 3 aromatic rings. The third kappa shape index (κ3) is 7.16. The van der Waals surface area contributed by atoms with E-state index in [2.05, 4.69) is 17.8 Å². The van der Waals surface area contributed by atoms with Gasteiger partial charge in [-0.3, -0.25) is 14.6 Å². The average molecular weight is 622 g/mol. The van der Waals surface area contributed by atoms with Crippen molar-refractivity contribution >= 4 is 17.8 Å². The van der Waals surface area contributed by atoms with E-state index in [9.17, 15) is 19.5 Å². The van der Waals surface area contributed by atoms with Gasteiger partial charge in [0, 0.05) is 19.5 Å². The second-order valence-corrected chi connectivity index (χ2v) is 11.3. The van der Waals surface area contributed by atoms with E-state index in [1.165, 1.54) is 5.01 Å². The summed E-state index contributed by atoms with van der Waals surface area (Å²) in [7, 11) is 0. The number of hydrazine groups is 1. The van der Waals surface area contributed by atoms with Crippen LogP contribution in [0, 0.1) is 12.3 Å². The van der Waals surface area contributed by atoms with Gasteiger partial charge in [0.1, 0.15) is 23.7 Å². The molecule has 46 heavy (non-hydrogen) atoms. The number of carbonyl (C=O) groups excluding carboxylic acids is 3. The molecule has 0 aromatic heterocycles. The van der Waals surface area contributed by atoms with Gasteiger partial charge in [-0.1, -0.05) is 67.5 Å². The number of aromatic hydroxyl groups is 1. The largest absolute Gasteiger partial charge is 0.508 e. The van der Waals surface area contributed by atoms with Gasteiger partial charge >= 0.3 is 6.03 Å². The molecule has 4 amide bonds. The van der Waals surface area contributed by atoms with Gasteiger partial charge in [-0.15, -0.1) is 13.0 Å². The van der Waals surface area contributed by atoms with Gasteiger partial charge in [-0.2, -0.15) is 5.01 Å². The number of rotatable bonds is 12. The summed E-state index contributed by atoms with van der Waals surface area (Å²) in [4.78, 5) is 44.7. The van der Waals surface area contributed by atoms with Crippen LogP contribution in [0.1, 0.15) is 35.6 Å². The van der Waals surface area contributed by atoms with Crippen molar-refractivity contribution in [2.24, 2.45) is 0 Å². The van der Waals surface area contributed by atoms with Crippen molar-refractivity contribution in [1.82, 2.24) is 25.1 Å². The fourth-order valence-electron chi connectivity index (χ4n) is 5.87. The smallest absolute Gasteiger partial charge is 0.332 e. The van der Waals surface area contributed by atoms with Crippen molar-refractivity contribution in [3.63, 3.8) is 0 Å². The molecular formula is C36H39N5O5. The number of phenols is 1. The van der Waals surface area contributed by atoms with Crippen molar-refractivity contribution in [2.45, 2.75) is 45.1 Å². The molecule has 0 spiro atoms. The minimum absolute atomic E-state index is 0.0731. The monoisotopic (exact) mass is 621 g/mol. The number of fused-ring (bicyclic) bond motifs is 1. The molecule has 5 rings (SSSR count). The maximum absolute atomic E-state index is 14.2. The highest BCUT2D eigenvalue weighted by molar-refractivity contribution is 5.92. The van der Waals surface area contributed by atoms with Crippen molar-refractivity contribution < 1.29 is 24.2 Å². The molecule has 0 saturated carbocycles. The third-order valence-corrected chi connectivity index (χ3v) is 8.10. The van der Waals surface area contributed by atoms with Gasteiger partial charge in [0.2, 0.25) is 11.8 Å². The summed E-state index contributed by atoms with van der Waals surface area (Å²) in [5.74, 6) is 2.89. The van der Waals surface area contributed by atoms with Gasteiger partial charge in [0.05, 0.1) is 31.8 Å². The van der Waals surface area contributed by atoms with Crippen molar-refractivity contribution in [3.8, 4) is 23.8 Å². The minimum atomic E-state index is -0.820. The van der Waals surface area contributed by atoms with Crippen LogP contribution in [0.15, 0.2) is 85.5 Å². The molecule has 2 fully saturated rings. The molecule has 2 saturated heterocycles. The summed E-state index contributed by atoms with van der Waals surface area (Å²) < 4.78 is 5.90. The Morgan fingerprint density at radius 3 is 2.54 bits per heavy atom. The number of piperazine rings is 1. The highest BCUT2D eigenvalue weighted by Crippen LogP contribution is 2.31. The molecule has 2 heterocycles. The Hall–Kier alpha value is -5.27. The third-order valence-electron chi connectivity index (χ3n) is 8.10. The Bertz CT molecular complexity index is 1600. The number of benzene rings is 3. The standard InChI is InChI=1S/C36H39N5O5/c1-4-18-39(36(45)37-22-27-10-8-7-9-11-27)40-25-34(43)41-31(20-26-13-16-30(42)17-14-26)35(44)38(24-33(40)41)23-28-12-15-29(6-3)32(21-28)46-19-5-2/h3-4,7-17,21,31,33,42H,1,5,18-20,22-25H2,2H3,(H,37,45)/t31-,33+/m0/s1. The van der Waals surface area contributed by atoms with E-state index in [-0.39, 0.29) is 56.2 Å². The second kappa shape index (κ2) is 14.7. The highest BCUT2D eigenvalue weighted by Gasteiger charge is 2.52. The summed E-state index contributed by atoms with van der Waals surface area (Å²) in [5.41, 5.74) is 3.19. The lowest BCUT2D eigenvalue weighted by atomic mass is 9.99. The molecule has 0 aliphatic carbocycles. The molecule has 0 bridgehead atoms. The van der Waals surface area contributed by atoms with E-state index < -0.39 is 12.2 Å². The fourth-order valence-corrected chi connectivity index (χ4v) is 5.87. The summed E-state index contributed by atoms with van der Waals surface area (Å²) >= 11 is 0. The summed E-state index contributed by atoms with van der Waals surface area (Å²) in [6.07, 6.45) is 7.77. The van der Waals surface area contributed by atoms with E-state index in [0.717, 1.165) is 23.1 Å². The zero-order chi connectivity index (χ0) is 32.6. The molecule has 10 nitrogen and oxygen atoms in total. The van der Waals surface area contributed by atoms with Crippen molar-refractivity contribution in [3.05, 3.63) is 108 Å². The van der Waals surface area contributed by atoms with Crippen LogP contribution in [0.4, 0.5) is 4.79 Å². The zero-order valence-electron chi connectivity index (χ0n) is 26.0. The Morgan fingerprint density at radius 1 is 1.11 bits per heavy atom. The number of hydrogen-bond donors (Lipinski definition) is 2. The Balaban J connectivity index is 1.45. The summed E-state index contributed by atoms with van der Waals surface area (Å²) in [5, 5.41) is 16.0. The van der Waals surface area contributed by atoms with Crippen LogP contribution in [0.2, 0.25) is 0 Å². The lowest BCUT2D eigenvalue weighted by molar-refractivity contribution is -0.157. The second-order valence-electron chi connectivity index (χ2n) is 11.3. The summed E-state index contributed by atoms with van der Waals surface area (Å²) in [6, 6.07) is 20.5. The Morgan fingerprint density at radius 2 is 1.85 bits per heavy atom. The van der Waals surface area contributed by atoms with E-state index in [4.69, 9.17) is 11.2 Å². The SMILES string of the molecule is C#Cc1ccc(CN2C[C@H]3N(C(=O)CN3N(CC=C)C(=O)NCc3ccccc3)[C@@H](Cc3ccc(O)cc3)C2=O)cc1OCCC. The van der Waals surface area contributed by atoms with Crippen molar-refractivity contribution in [2.75, 3.05) is 26.2 Å². The molecule has 0 radical (unpaired) electrons. The normalized spacial score (nSPS) is 17.7. The van der Waals surface area contributed by atoms with E-state index in [1.54, 1.807) is 45.2 Å². The lowest BCUT2D eigenvalue weighted by Gasteiger charge is -2.46. The first-order chi connectivity index (χ1) is 22.3. The molecular weight excluding hydrogens is 582 g/mol. The van der Waals surface area contributed by atoms with Gasteiger partial charge < -0.3 is 25.0 Å². The first kappa shape index (κ1) is 32.1. The van der Waals surface area contributed by atoms with Gasteiger partial charge in [0.15, 0.2) is 0 Å². The molecule has 2 N–H and O–H groups in total. The van der Waals surface area contributed by atoms with E-state index >= 15 is 0 Å².